The molecule has 0 amide bonds. The quantitative estimate of drug-likeness (QED) is 0.653. The van der Waals surface area contributed by atoms with Crippen molar-refractivity contribution in [2.45, 2.75) is 71.3 Å². The maximum Gasteiger partial charge on any atom is 0.164 e. The number of hydrogen-bond donors (Lipinski definition) is 1. The van der Waals surface area contributed by atoms with Gasteiger partial charge in [-0.2, -0.15) is 0 Å². The molecule has 0 saturated heterocycles. The summed E-state index contributed by atoms with van der Waals surface area (Å²) in [5.41, 5.74) is -1.03. The fourth-order valence-corrected chi connectivity index (χ4v) is 1.80. The molecule has 0 saturated carbocycles. The van der Waals surface area contributed by atoms with Gasteiger partial charge < -0.3 is 5.11 Å². The van der Waals surface area contributed by atoms with E-state index in [-0.39, 0.29) is 5.78 Å². The Morgan fingerprint density at radius 1 is 1.07 bits per heavy atom. The Hall–Kier alpha value is -0.370. The standard InChI is InChI=1S/C12H24O2/c1-4-7-8-11(13)12(14,9-5-2)10-6-3/h14H,4-10H2,1-3H3. The number of aliphatic hydroxyl groups is 1. The van der Waals surface area contributed by atoms with Crippen molar-refractivity contribution < 1.29 is 9.90 Å². The van der Waals surface area contributed by atoms with Crippen molar-refractivity contribution in [2.24, 2.45) is 0 Å². The van der Waals surface area contributed by atoms with E-state index < -0.39 is 5.60 Å². The van der Waals surface area contributed by atoms with Crippen LogP contribution in [0.1, 0.15) is 65.7 Å². The van der Waals surface area contributed by atoms with Crippen molar-refractivity contribution in [3.05, 3.63) is 0 Å². The van der Waals surface area contributed by atoms with Crippen LogP contribution in [-0.4, -0.2) is 16.5 Å². The van der Waals surface area contributed by atoms with Gasteiger partial charge in [-0.15, -0.1) is 0 Å². The van der Waals surface area contributed by atoms with Gasteiger partial charge in [-0.3, -0.25) is 4.79 Å². The lowest BCUT2D eigenvalue weighted by Gasteiger charge is -2.25. The summed E-state index contributed by atoms with van der Waals surface area (Å²) in [4.78, 5) is 11.8. The number of carbonyl (C=O) groups excluding carboxylic acids is 1. The Balaban J connectivity index is 4.23. The van der Waals surface area contributed by atoms with Crippen LogP contribution in [0.4, 0.5) is 0 Å². The van der Waals surface area contributed by atoms with Crippen molar-refractivity contribution in [1.82, 2.24) is 0 Å². The topological polar surface area (TPSA) is 37.3 Å². The van der Waals surface area contributed by atoms with E-state index in [1.807, 2.05) is 13.8 Å². The van der Waals surface area contributed by atoms with E-state index in [4.69, 9.17) is 0 Å². The molecule has 2 heteroatoms. The monoisotopic (exact) mass is 200 g/mol. The minimum absolute atomic E-state index is 0.0445. The number of ketones is 1. The van der Waals surface area contributed by atoms with Crippen LogP contribution < -0.4 is 0 Å². The molecule has 1 N–H and O–H groups in total. The third-order valence-corrected chi connectivity index (χ3v) is 2.60. The van der Waals surface area contributed by atoms with Gasteiger partial charge in [-0.05, 0) is 19.3 Å². The van der Waals surface area contributed by atoms with Crippen molar-refractivity contribution in [2.75, 3.05) is 0 Å². The summed E-state index contributed by atoms with van der Waals surface area (Å²) < 4.78 is 0. The summed E-state index contributed by atoms with van der Waals surface area (Å²) in [5.74, 6) is 0.0445. The van der Waals surface area contributed by atoms with Gasteiger partial charge in [0.1, 0.15) is 5.60 Å². The summed E-state index contributed by atoms with van der Waals surface area (Å²) in [6, 6.07) is 0. The SMILES string of the molecule is CCCCC(=O)C(O)(CCC)CCC. The molecule has 0 aromatic heterocycles. The zero-order valence-corrected chi connectivity index (χ0v) is 9.81. The lowest BCUT2D eigenvalue weighted by molar-refractivity contribution is -0.139. The fraction of sp³-hybridized carbons (Fsp3) is 0.917. The summed E-state index contributed by atoms with van der Waals surface area (Å²) in [6.07, 6.45) is 5.41. The third kappa shape index (κ3) is 4.23. The molecule has 84 valence electrons. The van der Waals surface area contributed by atoms with E-state index in [1.54, 1.807) is 0 Å². The number of rotatable bonds is 8. The van der Waals surface area contributed by atoms with Crippen molar-refractivity contribution >= 4 is 5.78 Å². The molecule has 0 aliphatic carbocycles. The average Bonchev–Trinajstić information content (AvgIpc) is 2.15. The van der Waals surface area contributed by atoms with Gasteiger partial charge in [-0.1, -0.05) is 40.0 Å². The van der Waals surface area contributed by atoms with Crippen molar-refractivity contribution in [1.29, 1.82) is 0 Å². The molecule has 0 spiro atoms. The molecular weight excluding hydrogens is 176 g/mol. The Kier molecular flexibility index (Phi) is 6.81. The largest absolute Gasteiger partial charge is 0.382 e. The first kappa shape index (κ1) is 13.6. The highest BCUT2D eigenvalue weighted by atomic mass is 16.3. The van der Waals surface area contributed by atoms with Crippen LogP contribution in [-0.2, 0) is 4.79 Å². The maximum atomic E-state index is 11.8. The Morgan fingerprint density at radius 3 is 1.93 bits per heavy atom. The van der Waals surface area contributed by atoms with Crippen molar-refractivity contribution in [3.8, 4) is 0 Å². The van der Waals surface area contributed by atoms with E-state index in [2.05, 4.69) is 6.92 Å². The predicted molar refractivity (Wildman–Crippen MR) is 59.3 cm³/mol. The molecule has 0 aliphatic rings. The second kappa shape index (κ2) is 6.99. The molecule has 2 nitrogen and oxygen atoms in total. The van der Waals surface area contributed by atoms with Gasteiger partial charge in [0.15, 0.2) is 5.78 Å². The molecule has 0 fully saturated rings. The summed E-state index contributed by atoms with van der Waals surface area (Å²) >= 11 is 0. The Bertz CT molecular complexity index is 158. The molecule has 0 aromatic carbocycles. The summed E-state index contributed by atoms with van der Waals surface area (Å²) in [7, 11) is 0. The van der Waals surface area contributed by atoms with E-state index in [9.17, 15) is 9.90 Å². The second-order valence-corrected chi connectivity index (χ2v) is 4.06. The highest BCUT2D eigenvalue weighted by Crippen LogP contribution is 2.23. The zero-order chi connectivity index (χ0) is 11.0. The van der Waals surface area contributed by atoms with Crippen LogP contribution in [0.15, 0.2) is 0 Å². The number of unbranched alkanes of at least 4 members (excludes halogenated alkanes) is 1. The first-order valence-corrected chi connectivity index (χ1v) is 5.86. The molecule has 0 aromatic rings. The molecular formula is C12H24O2. The normalized spacial score (nSPS) is 11.7. The van der Waals surface area contributed by atoms with Crippen LogP contribution in [0.25, 0.3) is 0 Å². The second-order valence-electron chi connectivity index (χ2n) is 4.06. The molecule has 0 atom stereocenters. The van der Waals surface area contributed by atoms with Crippen LogP contribution in [0.3, 0.4) is 0 Å². The first-order chi connectivity index (χ1) is 6.60. The van der Waals surface area contributed by atoms with Gasteiger partial charge >= 0.3 is 0 Å². The van der Waals surface area contributed by atoms with Crippen LogP contribution in [0.5, 0.6) is 0 Å². The van der Waals surface area contributed by atoms with Gasteiger partial charge in [0.2, 0.25) is 0 Å². The Labute approximate surface area is 87.7 Å². The van der Waals surface area contributed by atoms with E-state index >= 15 is 0 Å². The molecule has 0 heterocycles. The Morgan fingerprint density at radius 2 is 1.57 bits per heavy atom. The molecule has 0 radical (unpaired) electrons. The minimum Gasteiger partial charge on any atom is -0.382 e. The molecule has 14 heavy (non-hydrogen) atoms. The highest BCUT2D eigenvalue weighted by Gasteiger charge is 2.32. The molecule has 0 rings (SSSR count). The van der Waals surface area contributed by atoms with E-state index in [1.165, 1.54) is 0 Å². The van der Waals surface area contributed by atoms with Gasteiger partial charge in [0, 0.05) is 6.42 Å². The lowest BCUT2D eigenvalue weighted by Crippen LogP contribution is -2.38. The van der Waals surface area contributed by atoms with E-state index in [0.717, 1.165) is 25.7 Å². The first-order valence-electron chi connectivity index (χ1n) is 5.86. The zero-order valence-electron chi connectivity index (χ0n) is 9.81. The predicted octanol–water partition coefficient (Wildman–Crippen LogP) is 3.08. The minimum atomic E-state index is -1.03. The van der Waals surface area contributed by atoms with Gasteiger partial charge in [-0.25, -0.2) is 0 Å². The third-order valence-electron chi connectivity index (χ3n) is 2.60. The van der Waals surface area contributed by atoms with Crippen LogP contribution >= 0.6 is 0 Å². The number of carbonyl (C=O) groups is 1. The van der Waals surface area contributed by atoms with E-state index in [0.29, 0.717) is 19.3 Å². The maximum absolute atomic E-state index is 11.8. The number of Topliss-reactive ketones (excluding diaryl/α,β-unsaturated/α-hetero) is 1. The average molecular weight is 200 g/mol. The van der Waals surface area contributed by atoms with Crippen LogP contribution in [0.2, 0.25) is 0 Å². The van der Waals surface area contributed by atoms with Crippen molar-refractivity contribution in [3.63, 3.8) is 0 Å². The highest BCUT2D eigenvalue weighted by molar-refractivity contribution is 5.86. The van der Waals surface area contributed by atoms with Gasteiger partial charge in [0.25, 0.3) is 0 Å². The van der Waals surface area contributed by atoms with Gasteiger partial charge in [0.05, 0.1) is 0 Å². The lowest BCUT2D eigenvalue weighted by atomic mass is 9.86. The molecule has 0 aliphatic heterocycles. The molecule has 0 bridgehead atoms. The number of hydrogen-bond acceptors (Lipinski definition) is 2. The summed E-state index contributed by atoms with van der Waals surface area (Å²) in [5, 5.41) is 10.2. The van der Waals surface area contributed by atoms with Crippen LogP contribution in [0, 0.1) is 0 Å². The summed E-state index contributed by atoms with van der Waals surface area (Å²) in [6.45, 7) is 6.08. The molecule has 0 unspecified atom stereocenters. The fourth-order valence-electron chi connectivity index (χ4n) is 1.80. The smallest absolute Gasteiger partial charge is 0.164 e.